The molecule has 28 heavy (non-hydrogen) atoms. The number of aryl methyl sites for hydroxylation is 1. The zero-order valence-electron chi connectivity index (χ0n) is 16.6. The number of para-hydroxylation sites is 1. The quantitative estimate of drug-likeness (QED) is 0.539. The van der Waals surface area contributed by atoms with Crippen molar-refractivity contribution in [2.45, 2.75) is 33.1 Å². The Morgan fingerprint density at radius 2 is 1.75 bits per heavy atom. The molecule has 4 heteroatoms. The number of ketones is 1. The van der Waals surface area contributed by atoms with Crippen molar-refractivity contribution in [2.75, 3.05) is 13.2 Å². The van der Waals surface area contributed by atoms with Crippen LogP contribution in [0.3, 0.4) is 0 Å². The zero-order valence-corrected chi connectivity index (χ0v) is 16.6. The smallest absolute Gasteiger partial charge is 0.317 e. The molecule has 1 aliphatic rings. The average Bonchev–Trinajstić information content (AvgIpc) is 2.69. The van der Waals surface area contributed by atoms with Crippen molar-refractivity contribution in [1.29, 1.82) is 0 Å². The first-order valence-electron chi connectivity index (χ1n) is 9.75. The number of ether oxygens (including phenoxy) is 2. The van der Waals surface area contributed by atoms with E-state index >= 15 is 0 Å². The van der Waals surface area contributed by atoms with Crippen molar-refractivity contribution >= 4 is 17.3 Å². The number of hydrogen-bond donors (Lipinski definition) is 0. The van der Waals surface area contributed by atoms with Gasteiger partial charge in [0.25, 0.3) is 0 Å². The van der Waals surface area contributed by atoms with E-state index in [0.717, 1.165) is 22.3 Å². The van der Waals surface area contributed by atoms with E-state index < -0.39 is 11.9 Å². The number of rotatable bonds is 6. The maximum absolute atomic E-state index is 13.0. The van der Waals surface area contributed by atoms with E-state index in [1.165, 1.54) is 0 Å². The predicted octanol–water partition coefficient (Wildman–Crippen LogP) is 4.71. The molecule has 0 bridgehead atoms. The first-order valence-corrected chi connectivity index (χ1v) is 9.75. The van der Waals surface area contributed by atoms with Crippen LogP contribution in [0.2, 0.25) is 0 Å². The summed E-state index contributed by atoms with van der Waals surface area (Å²) in [6.45, 7) is 6.46. The van der Waals surface area contributed by atoms with Crippen molar-refractivity contribution in [2.24, 2.45) is 5.92 Å². The number of allylic oxidation sites excluding steroid dienone is 2. The summed E-state index contributed by atoms with van der Waals surface area (Å²) in [6.07, 6.45) is 2.18. The van der Waals surface area contributed by atoms with E-state index in [-0.39, 0.29) is 18.3 Å². The minimum absolute atomic E-state index is 0.212. The maximum Gasteiger partial charge on any atom is 0.317 e. The van der Waals surface area contributed by atoms with Gasteiger partial charge in [0, 0.05) is 5.92 Å². The van der Waals surface area contributed by atoms with Gasteiger partial charge in [0.15, 0.2) is 5.78 Å². The van der Waals surface area contributed by atoms with Crippen LogP contribution in [-0.4, -0.2) is 25.0 Å². The third-order valence-corrected chi connectivity index (χ3v) is 5.05. The molecule has 0 heterocycles. The van der Waals surface area contributed by atoms with Gasteiger partial charge in [0.05, 0.1) is 13.2 Å². The fourth-order valence-electron chi connectivity index (χ4n) is 3.72. The first-order chi connectivity index (χ1) is 13.5. The second kappa shape index (κ2) is 8.87. The largest absolute Gasteiger partial charge is 0.494 e. The second-order valence-corrected chi connectivity index (χ2v) is 6.95. The summed E-state index contributed by atoms with van der Waals surface area (Å²) in [5.41, 5.74) is 3.96. The Morgan fingerprint density at radius 1 is 1.04 bits per heavy atom. The molecule has 2 aromatic carbocycles. The highest BCUT2D eigenvalue weighted by Crippen LogP contribution is 2.43. The monoisotopic (exact) mass is 378 g/mol. The van der Waals surface area contributed by atoms with Crippen LogP contribution in [0.15, 0.2) is 54.6 Å². The number of carbonyl (C=O) groups is 2. The molecule has 0 aliphatic heterocycles. The summed E-state index contributed by atoms with van der Waals surface area (Å²) in [5.74, 6) is -1.15. The van der Waals surface area contributed by atoms with Crippen molar-refractivity contribution in [3.8, 4) is 5.75 Å². The lowest BCUT2D eigenvalue weighted by Gasteiger charge is -2.30. The summed E-state index contributed by atoms with van der Waals surface area (Å²) in [5, 5.41) is 0. The first kappa shape index (κ1) is 19.9. The highest BCUT2D eigenvalue weighted by atomic mass is 16.5. The maximum atomic E-state index is 13.0. The van der Waals surface area contributed by atoms with Gasteiger partial charge in [0.1, 0.15) is 11.7 Å². The molecule has 2 atom stereocenters. The van der Waals surface area contributed by atoms with Gasteiger partial charge >= 0.3 is 5.97 Å². The van der Waals surface area contributed by atoms with Gasteiger partial charge < -0.3 is 9.47 Å². The SMILES string of the molecule is CCOC(=O)[C@H]1C(=O)C=C(c2ccc(C)cc2)C[C@H]1c1ccccc1OCC. The molecule has 0 amide bonds. The minimum Gasteiger partial charge on any atom is -0.494 e. The molecule has 0 N–H and O–H groups in total. The van der Waals surface area contributed by atoms with Gasteiger partial charge in [0.2, 0.25) is 0 Å². The highest BCUT2D eigenvalue weighted by molar-refractivity contribution is 6.10. The van der Waals surface area contributed by atoms with E-state index in [4.69, 9.17) is 9.47 Å². The molecular formula is C24H26O4. The Bertz CT molecular complexity index is 880. The molecule has 0 saturated heterocycles. The summed E-state index contributed by atoms with van der Waals surface area (Å²) in [6, 6.07) is 15.7. The molecule has 3 rings (SSSR count). The van der Waals surface area contributed by atoms with Crippen LogP contribution in [0.5, 0.6) is 5.75 Å². The van der Waals surface area contributed by atoms with Gasteiger partial charge in [-0.3, -0.25) is 9.59 Å². The Hall–Kier alpha value is -2.88. The third kappa shape index (κ3) is 4.16. The summed E-state index contributed by atoms with van der Waals surface area (Å²) >= 11 is 0. The third-order valence-electron chi connectivity index (χ3n) is 5.05. The zero-order chi connectivity index (χ0) is 20.1. The molecule has 1 aliphatic carbocycles. The van der Waals surface area contributed by atoms with E-state index in [1.807, 2.05) is 62.4 Å². The molecule has 0 saturated carbocycles. The molecule has 0 aromatic heterocycles. The number of benzene rings is 2. The van der Waals surface area contributed by atoms with Crippen LogP contribution in [-0.2, 0) is 14.3 Å². The molecule has 0 radical (unpaired) electrons. The fraction of sp³-hybridized carbons (Fsp3) is 0.333. The predicted molar refractivity (Wildman–Crippen MR) is 109 cm³/mol. The van der Waals surface area contributed by atoms with E-state index in [0.29, 0.717) is 18.8 Å². The van der Waals surface area contributed by atoms with Crippen LogP contribution < -0.4 is 4.74 Å². The Morgan fingerprint density at radius 3 is 2.43 bits per heavy atom. The highest BCUT2D eigenvalue weighted by Gasteiger charge is 2.40. The van der Waals surface area contributed by atoms with Crippen LogP contribution in [0.25, 0.3) is 5.57 Å². The van der Waals surface area contributed by atoms with Crippen LogP contribution in [0, 0.1) is 12.8 Å². The summed E-state index contributed by atoms with van der Waals surface area (Å²) in [4.78, 5) is 25.6. The lowest BCUT2D eigenvalue weighted by Crippen LogP contribution is -2.34. The number of carbonyl (C=O) groups excluding carboxylic acids is 2. The van der Waals surface area contributed by atoms with Gasteiger partial charge in [-0.05, 0) is 56.0 Å². The molecule has 0 spiro atoms. The molecular weight excluding hydrogens is 352 g/mol. The molecule has 4 nitrogen and oxygen atoms in total. The van der Waals surface area contributed by atoms with Gasteiger partial charge in [-0.2, -0.15) is 0 Å². The van der Waals surface area contributed by atoms with Crippen LogP contribution in [0.4, 0.5) is 0 Å². The molecule has 2 aromatic rings. The number of esters is 1. The average molecular weight is 378 g/mol. The molecule has 0 unspecified atom stereocenters. The molecule has 146 valence electrons. The topological polar surface area (TPSA) is 52.6 Å². The van der Waals surface area contributed by atoms with E-state index in [1.54, 1.807) is 13.0 Å². The summed E-state index contributed by atoms with van der Waals surface area (Å²) in [7, 11) is 0. The Labute approximate surface area is 166 Å². The lowest BCUT2D eigenvalue weighted by atomic mass is 9.73. The minimum atomic E-state index is -0.851. The second-order valence-electron chi connectivity index (χ2n) is 6.95. The van der Waals surface area contributed by atoms with Gasteiger partial charge in [-0.25, -0.2) is 0 Å². The van der Waals surface area contributed by atoms with E-state index in [9.17, 15) is 9.59 Å². The van der Waals surface area contributed by atoms with Crippen LogP contribution in [0.1, 0.15) is 42.9 Å². The lowest BCUT2D eigenvalue weighted by molar-refractivity contribution is -0.151. The Kier molecular flexibility index (Phi) is 6.30. The van der Waals surface area contributed by atoms with Gasteiger partial charge in [-0.1, -0.05) is 48.0 Å². The fourth-order valence-corrected chi connectivity index (χ4v) is 3.72. The van der Waals surface area contributed by atoms with Crippen molar-refractivity contribution in [3.63, 3.8) is 0 Å². The summed E-state index contributed by atoms with van der Waals surface area (Å²) < 4.78 is 11.0. The van der Waals surface area contributed by atoms with Crippen molar-refractivity contribution in [1.82, 2.24) is 0 Å². The Balaban J connectivity index is 2.05. The standard InChI is InChI=1S/C24H26O4/c1-4-27-22-9-7-6-8-19(22)20-14-18(17-12-10-16(3)11-13-17)15-21(25)23(20)24(26)28-5-2/h6-13,15,20,23H,4-5,14H2,1-3H3/t20-,23+/m0/s1. The van der Waals surface area contributed by atoms with E-state index in [2.05, 4.69) is 0 Å². The van der Waals surface area contributed by atoms with Gasteiger partial charge in [-0.15, -0.1) is 0 Å². The van der Waals surface area contributed by atoms with Crippen molar-refractivity contribution in [3.05, 3.63) is 71.3 Å². The van der Waals surface area contributed by atoms with Crippen LogP contribution >= 0.6 is 0 Å². The number of hydrogen-bond acceptors (Lipinski definition) is 4. The molecule has 0 fully saturated rings. The normalized spacial score (nSPS) is 19.1. The van der Waals surface area contributed by atoms with Crippen molar-refractivity contribution < 1.29 is 19.1 Å².